The van der Waals surface area contributed by atoms with E-state index in [1.54, 1.807) is 0 Å². The van der Waals surface area contributed by atoms with Crippen molar-refractivity contribution in [3.63, 3.8) is 0 Å². The fourth-order valence-corrected chi connectivity index (χ4v) is 5.47. The van der Waals surface area contributed by atoms with Crippen LogP contribution in [-0.4, -0.2) is 45.6 Å². The van der Waals surface area contributed by atoms with E-state index in [1.807, 2.05) is 0 Å². The first-order valence-electron chi connectivity index (χ1n) is 5.53. The van der Waals surface area contributed by atoms with Crippen molar-refractivity contribution in [2.24, 2.45) is 0 Å². The largest absolute Gasteiger partial charge is 0.488 e. The van der Waals surface area contributed by atoms with Crippen molar-refractivity contribution in [3.05, 3.63) is 0 Å². The Labute approximate surface area is 116 Å². The smallest absolute Gasteiger partial charge is 0.324 e. The van der Waals surface area contributed by atoms with E-state index in [-0.39, 0.29) is 18.4 Å². The second-order valence-electron chi connectivity index (χ2n) is 4.32. The van der Waals surface area contributed by atoms with Gasteiger partial charge in [0.15, 0.2) is 0 Å². The molecule has 2 radical (unpaired) electrons. The molecule has 1 aliphatic heterocycles. The Hall–Kier alpha value is 0.475. The summed E-state index contributed by atoms with van der Waals surface area (Å²) in [6, 6.07) is -0.130. The summed E-state index contributed by atoms with van der Waals surface area (Å²) in [5.41, 5.74) is 0. The van der Waals surface area contributed by atoms with Crippen molar-refractivity contribution in [1.29, 1.82) is 0 Å². The van der Waals surface area contributed by atoms with Crippen LogP contribution >= 0.6 is 23.2 Å². The summed E-state index contributed by atoms with van der Waals surface area (Å²) >= 11 is 0. The van der Waals surface area contributed by atoms with Crippen LogP contribution in [0, 0.1) is 0 Å². The van der Waals surface area contributed by atoms with Gasteiger partial charge in [-0.2, -0.15) is 4.31 Å². The maximum Gasteiger partial charge on any atom is 0.488 e. The summed E-state index contributed by atoms with van der Waals surface area (Å²) in [6.45, 7) is 0. The Morgan fingerprint density at radius 2 is 1.70 bits per heavy atom. The van der Waals surface area contributed by atoms with E-state index in [9.17, 15) is 18.6 Å². The van der Waals surface area contributed by atoms with Crippen molar-refractivity contribution in [2.75, 3.05) is 6.16 Å². The van der Waals surface area contributed by atoms with E-state index in [0.717, 1.165) is 0 Å². The molecule has 1 aliphatic rings. The number of nitrogens with one attached hydrogen (secondary N) is 1. The molecule has 0 aromatic heterocycles. The Kier molecular flexibility index (Phi) is 6.21. The van der Waals surface area contributed by atoms with E-state index in [0.29, 0.717) is 12.8 Å². The fourth-order valence-electron chi connectivity index (χ4n) is 1.75. The minimum absolute atomic E-state index is 0.130. The lowest BCUT2D eigenvalue weighted by Crippen LogP contribution is -2.30. The summed E-state index contributed by atoms with van der Waals surface area (Å²) in [7, 11) is -9.61. The highest BCUT2D eigenvalue weighted by Gasteiger charge is 2.39. The predicted octanol–water partition coefficient (Wildman–Crippen LogP) is 0.0348. The van der Waals surface area contributed by atoms with Crippen molar-refractivity contribution >= 4 is 31.1 Å². The molecule has 0 aliphatic carbocycles. The third-order valence-electron chi connectivity index (χ3n) is 2.48. The second kappa shape index (κ2) is 6.71. The van der Waals surface area contributed by atoms with Gasteiger partial charge in [0.05, 0.1) is 14.0 Å². The molecule has 14 heteroatoms. The predicted molar refractivity (Wildman–Crippen MR) is 69.0 cm³/mol. The van der Waals surface area contributed by atoms with Gasteiger partial charge in [0, 0.05) is 6.04 Å². The lowest BCUT2D eigenvalue weighted by Gasteiger charge is -2.18. The Morgan fingerprint density at radius 1 is 1.10 bits per heavy atom. The molecule has 0 bridgehead atoms. The van der Waals surface area contributed by atoms with Crippen LogP contribution in [0.2, 0.25) is 0 Å². The Morgan fingerprint density at radius 3 is 2.15 bits per heavy atom. The van der Waals surface area contributed by atoms with E-state index >= 15 is 0 Å². The van der Waals surface area contributed by atoms with Crippen LogP contribution in [0.1, 0.15) is 19.3 Å². The molecular weight excluding hydrogens is 334 g/mol. The zero-order chi connectivity index (χ0) is 15.6. The van der Waals surface area contributed by atoms with Crippen LogP contribution in [0.4, 0.5) is 0 Å². The highest BCUT2D eigenvalue weighted by molar-refractivity contribution is 7.68. The van der Waals surface area contributed by atoms with E-state index in [2.05, 4.69) is 13.9 Å². The van der Waals surface area contributed by atoms with Gasteiger partial charge in [-0.15, -0.1) is 0 Å². The number of phosphoric acid groups is 2. The van der Waals surface area contributed by atoms with Gasteiger partial charge in [-0.3, -0.25) is 4.57 Å². The Balaban J connectivity index is 2.50. The maximum atomic E-state index is 11.6. The monoisotopic (exact) mass is 349 g/mol. The molecule has 0 saturated carbocycles. The third-order valence-corrected chi connectivity index (χ3v) is 6.82. The van der Waals surface area contributed by atoms with Gasteiger partial charge in [0.25, 0.3) is 0 Å². The van der Waals surface area contributed by atoms with Crippen LogP contribution in [0.3, 0.4) is 0 Å². The van der Waals surface area contributed by atoms with Crippen molar-refractivity contribution in [2.45, 2.75) is 31.2 Å². The molecular formula is C6H15BNO9P3. The first kappa shape index (κ1) is 18.5. The van der Waals surface area contributed by atoms with E-state index < -0.39 is 29.4 Å². The molecule has 1 saturated heterocycles. The van der Waals surface area contributed by atoms with Crippen molar-refractivity contribution < 1.29 is 41.9 Å². The average molecular weight is 349 g/mol. The third kappa shape index (κ3) is 7.47. The summed E-state index contributed by atoms with van der Waals surface area (Å²) in [5.74, 6) is -0.207. The lowest BCUT2D eigenvalue weighted by molar-refractivity contribution is 0.222. The van der Waals surface area contributed by atoms with Gasteiger partial charge in [-0.1, -0.05) is 0 Å². The molecule has 4 unspecified atom stereocenters. The first-order chi connectivity index (χ1) is 8.89. The standard InChI is InChI=1S/C6H15BNO9P3/c7-6-2-1-5(8-6)3-4-18(9,10)16-20(14,15)17-19(11,12)13/h5-6,8H,1-4H2,(H,9,10)(H,14,15)(H2,11,12,13). The minimum Gasteiger partial charge on any atom is -0.324 e. The quantitative estimate of drug-likeness (QED) is 0.313. The van der Waals surface area contributed by atoms with Crippen LogP contribution in [-0.2, 0) is 22.3 Å². The number of rotatable bonds is 7. The van der Waals surface area contributed by atoms with Gasteiger partial charge >= 0.3 is 23.2 Å². The van der Waals surface area contributed by atoms with Gasteiger partial charge in [0.1, 0.15) is 0 Å². The van der Waals surface area contributed by atoms with Crippen molar-refractivity contribution in [3.8, 4) is 0 Å². The molecule has 10 nitrogen and oxygen atoms in total. The van der Waals surface area contributed by atoms with Gasteiger partial charge in [-0.05, 0) is 25.2 Å². The fraction of sp³-hybridized carbons (Fsp3) is 1.00. The van der Waals surface area contributed by atoms with Gasteiger partial charge in [-0.25, -0.2) is 13.4 Å². The molecule has 5 N–H and O–H groups in total. The van der Waals surface area contributed by atoms with Crippen LogP contribution < -0.4 is 5.32 Å². The topological polar surface area (TPSA) is 163 Å². The molecule has 116 valence electrons. The highest BCUT2D eigenvalue weighted by atomic mass is 31.3. The molecule has 0 spiro atoms. The molecule has 1 fully saturated rings. The summed E-state index contributed by atoms with van der Waals surface area (Å²) in [4.78, 5) is 35.1. The average Bonchev–Trinajstić information content (AvgIpc) is 2.55. The van der Waals surface area contributed by atoms with Crippen molar-refractivity contribution in [1.82, 2.24) is 5.32 Å². The molecule has 1 rings (SSSR count). The summed E-state index contributed by atoms with van der Waals surface area (Å²) < 4.78 is 40.5. The normalized spacial score (nSPS) is 29.8. The molecule has 1 heterocycles. The molecule has 20 heavy (non-hydrogen) atoms. The van der Waals surface area contributed by atoms with Gasteiger partial charge in [0.2, 0.25) is 0 Å². The molecule has 0 aromatic rings. The minimum atomic E-state index is -5.33. The number of hydrogen-bond donors (Lipinski definition) is 5. The first-order valence-corrected chi connectivity index (χ1v) is 10.3. The lowest BCUT2D eigenvalue weighted by atomic mass is 9.95. The van der Waals surface area contributed by atoms with Crippen LogP contribution in [0.5, 0.6) is 0 Å². The van der Waals surface area contributed by atoms with E-state index in [1.165, 1.54) is 0 Å². The SMILES string of the molecule is [B]C1CCC(CCP(=O)(O)OP(=O)(O)OP(=O)(O)O)N1. The molecule has 4 atom stereocenters. The zero-order valence-electron chi connectivity index (χ0n) is 10.2. The second-order valence-corrected chi connectivity index (χ2v) is 9.27. The highest BCUT2D eigenvalue weighted by Crippen LogP contribution is 2.66. The molecule has 0 amide bonds. The zero-order valence-corrected chi connectivity index (χ0v) is 12.9. The maximum absolute atomic E-state index is 11.6. The van der Waals surface area contributed by atoms with Crippen LogP contribution in [0.25, 0.3) is 0 Å². The van der Waals surface area contributed by atoms with Gasteiger partial charge < -0.3 is 24.9 Å². The summed E-state index contributed by atoms with van der Waals surface area (Å²) in [6.07, 6.45) is 1.04. The summed E-state index contributed by atoms with van der Waals surface area (Å²) in [5, 5.41) is 2.93. The molecule has 0 aromatic carbocycles. The Bertz CT molecular complexity index is 480. The number of hydrogen-bond acceptors (Lipinski definition) is 6. The van der Waals surface area contributed by atoms with E-state index in [4.69, 9.17) is 22.5 Å². The van der Waals surface area contributed by atoms with Crippen LogP contribution in [0.15, 0.2) is 0 Å².